The average molecular weight is 443 g/mol. The van der Waals surface area contributed by atoms with E-state index in [0.717, 1.165) is 0 Å². The number of anilines is 1. The maximum atomic E-state index is 13.1. The van der Waals surface area contributed by atoms with E-state index in [4.69, 9.17) is 5.11 Å². The highest BCUT2D eigenvalue weighted by atomic mass is 32.2. The summed E-state index contributed by atoms with van der Waals surface area (Å²) in [7, 11) is -3.83. The van der Waals surface area contributed by atoms with Crippen LogP contribution in [0, 0.1) is 0 Å². The second-order valence-electron chi connectivity index (χ2n) is 7.02. The third kappa shape index (κ3) is 3.67. The molecule has 0 saturated heterocycles. The van der Waals surface area contributed by atoms with Gasteiger partial charge in [0.1, 0.15) is 4.90 Å². The molecule has 162 valence electrons. The quantitative estimate of drug-likeness (QED) is 0.619. The van der Waals surface area contributed by atoms with Crippen molar-refractivity contribution in [1.29, 1.82) is 0 Å². The van der Waals surface area contributed by atoms with Gasteiger partial charge in [0.25, 0.3) is 15.6 Å². The van der Waals surface area contributed by atoms with Crippen LogP contribution in [0.5, 0.6) is 0 Å². The first-order valence-corrected chi connectivity index (χ1v) is 11.1. The number of carboxylic acid groups (broad SMARTS) is 1. The topological polar surface area (TPSA) is 129 Å². The Balaban J connectivity index is 1.65. The molecule has 10 nitrogen and oxygen atoms in total. The summed E-state index contributed by atoms with van der Waals surface area (Å²) >= 11 is 0. The van der Waals surface area contributed by atoms with Crippen molar-refractivity contribution in [3.05, 3.63) is 70.3 Å². The lowest BCUT2D eigenvalue weighted by atomic mass is 10.1. The molecule has 4 rings (SSSR count). The summed E-state index contributed by atoms with van der Waals surface area (Å²) < 4.78 is 28.7. The van der Waals surface area contributed by atoms with Gasteiger partial charge < -0.3 is 10.0 Å². The lowest BCUT2D eigenvalue weighted by Gasteiger charge is -2.22. The number of fused-ring (bicyclic) bond motifs is 1. The first kappa shape index (κ1) is 20.7. The summed E-state index contributed by atoms with van der Waals surface area (Å²) in [6.07, 6.45) is 0.523. The molecule has 2 aromatic heterocycles. The van der Waals surface area contributed by atoms with Crippen LogP contribution in [-0.4, -0.2) is 52.4 Å². The van der Waals surface area contributed by atoms with Crippen molar-refractivity contribution >= 4 is 21.8 Å². The van der Waals surface area contributed by atoms with Gasteiger partial charge in [-0.1, -0.05) is 18.2 Å². The zero-order chi connectivity index (χ0) is 22.2. The Morgan fingerprint density at radius 3 is 2.58 bits per heavy atom. The van der Waals surface area contributed by atoms with E-state index in [0.29, 0.717) is 29.9 Å². The SMILES string of the molecule is CCN(c1ccccc1)S(=O)(=O)c1ccc(-n2[nH]c3c(c2=O)CN(C(=O)O)CC3)nc1. The third-order valence-corrected chi connectivity index (χ3v) is 7.08. The lowest BCUT2D eigenvalue weighted by molar-refractivity contribution is 0.139. The van der Waals surface area contributed by atoms with Gasteiger partial charge in [0.2, 0.25) is 0 Å². The van der Waals surface area contributed by atoms with Gasteiger partial charge in [-0.15, -0.1) is 0 Å². The maximum absolute atomic E-state index is 13.1. The van der Waals surface area contributed by atoms with Crippen molar-refractivity contribution in [3.8, 4) is 5.82 Å². The summed E-state index contributed by atoms with van der Waals surface area (Å²) in [6.45, 7) is 2.29. The van der Waals surface area contributed by atoms with Gasteiger partial charge in [0, 0.05) is 31.4 Å². The number of carbonyl (C=O) groups is 1. The second kappa shape index (κ2) is 7.91. The summed E-state index contributed by atoms with van der Waals surface area (Å²) in [6, 6.07) is 11.6. The van der Waals surface area contributed by atoms with E-state index >= 15 is 0 Å². The van der Waals surface area contributed by atoms with E-state index < -0.39 is 21.7 Å². The van der Waals surface area contributed by atoms with Crippen molar-refractivity contribution in [2.75, 3.05) is 17.4 Å². The van der Waals surface area contributed by atoms with Crippen molar-refractivity contribution < 1.29 is 18.3 Å². The van der Waals surface area contributed by atoms with Gasteiger partial charge in [-0.25, -0.2) is 22.9 Å². The Hall–Kier alpha value is -3.60. The molecule has 1 aliphatic rings. The number of hydrogen-bond acceptors (Lipinski definition) is 5. The van der Waals surface area contributed by atoms with Crippen LogP contribution in [0.3, 0.4) is 0 Å². The predicted octanol–water partition coefficient (Wildman–Crippen LogP) is 1.81. The summed E-state index contributed by atoms with van der Waals surface area (Å²) in [4.78, 5) is 29.3. The molecule has 0 bridgehead atoms. The molecule has 0 saturated carbocycles. The largest absolute Gasteiger partial charge is 0.465 e. The second-order valence-corrected chi connectivity index (χ2v) is 8.88. The van der Waals surface area contributed by atoms with E-state index in [1.807, 2.05) is 6.07 Å². The molecule has 0 aliphatic carbocycles. The molecule has 0 spiro atoms. The Labute approximate surface area is 178 Å². The number of aromatic nitrogens is 3. The van der Waals surface area contributed by atoms with Crippen molar-refractivity contribution in [2.45, 2.75) is 24.8 Å². The molecule has 0 fully saturated rings. The number of pyridine rings is 1. The van der Waals surface area contributed by atoms with E-state index in [1.165, 1.54) is 32.2 Å². The Morgan fingerprint density at radius 2 is 1.97 bits per heavy atom. The molecule has 2 N–H and O–H groups in total. The number of hydrogen-bond donors (Lipinski definition) is 2. The van der Waals surface area contributed by atoms with Crippen LogP contribution in [0.25, 0.3) is 5.82 Å². The van der Waals surface area contributed by atoms with Crippen LogP contribution in [0.15, 0.2) is 58.4 Å². The van der Waals surface area contributed by atoms with Crippen molar-refractivity contribution in [2.24, 2.45) is 0 Å². The summed E-state index contributed by atoms with van der Waals surface area (Å²) in [5.74, 6) is 0.225. The van der Waals surface area contributed by atoms with Crippen LogP contribution in [-0.2, 0) is 23.0 Å². The molecule has 0 atom stereocenters. The number of para-hydroxylation sites is 1. The Kier molecular flexibility index (Phi) is 5.27. The number of sulfonamides is 1. The third-order valence-electron chi connectivity index (χ3n) is 5.19. The van der Waals surface area contributed by atoms with Crippen LogP contribution in [0.1, 0.15) is 18.2 Å². The van der Waals surface area contributed by atoms with Gasteiger partial charge in [0.05, 0.1) is 17.8 Å². The Morgan fingerprint density at radius 1 is 1.23 bits per heavy atom. The van der Waals surface area contributed by atoms with E-state index in [1.54, 1.807) is 31.2 Å². The van der Waals surface area contributed by atoms with Crippen molar-refractivity contribution in [1.82, 2.24) is 19.7 Å². The van der Waals surface area contributed by atoms with Crippen LogP contribution in [0.2, 0.25) is 0 Å². The number of amides is 1. The van der Waals surface area contributed by atoms with Crippen LogP contribution >= 0.6 is 0 Å². The van der Waals surface area contributed by atoms with Gasteiger partial charge in [0.15, 0.2) is 5.82 Å². The van der Waals surface area contributed by atoms with Gasteiger partial charge in [-0.2, -0.15) is 0 Å². The van der Waals surface area contributed by atoms with Crippen LogP contribution in [0.4, 0.5) is 10.5 Å². The minimum absolute atomic E-state index is 0.00198. The fourth-order valence-electron chi connectivity index (χ4n) is 3.60. The monoisotopic (exact) mass is 443 g/mol. The van der Waals surface area contributed by atoms with Gasteiger partial charge >= 0.3 is 6.09 Å². The number of rotatable bonds is 5. The molecule has 0 unspecified atom stereocenters. The first-order chi connectivity index (χ1) is 14.8. The molecule has 31 heavy (non-hydrogen) atoms. The fourth-order valence-corrected chi connectivity index (χ4v) is 5.02. The average Bonchev–Trinajstić information content (AvgIpc) is 3.11. The standard InChI is InChI=1S/C20H21N5O5S/c1-2-24(14-6-4-3-5-7-14)31(29,30)15-8-9-18(21-12-15)25-19(26)16-13-23(20(27)28)11-10-17(16)22-25/h3-9,12,22H,2,10-11,13H2,1H3,(H,27,28). The number of nitrogens with zero attached hydrogens (tertiary/aromatic N) is 4. The molecular weight excluding hydrogens is 422 g/mol. The van der Waals surface area contributed by atoms with Gasteiger partial charge in [-0.05, 0) is 31.2 Å². The van der Waals surface area contributed by atoms with Gasteiger partial charge in [-0.3, -0.25) is 14.2 Å². The summed E-state index contributed by atoms with van der Waals surface area (Å²) in [5.41, 5.74) is 1.17. The first-order valence-electron chi connectivity index (χ1n) is 9.67. The molecule has 11 heteroatoms. The molecule has 0 radical (unpaired) electrons. The van der Waals surface area contributed by atoms with Crippen molar-refractivity contribution in [3.63, 3.8) is 0 Å². The zero-order valence-electron chi connectivity index (χ0n) is 16.7. The van der Waals surface area contributed by atoms with E-state index in [9.17, 15) is 18.0 Å². The van der Waals surface area contributed by atoms with Crippen LogP contribution < -0.4 is 9.86 Å². The van der Waals surface area contributed by atoms with E-state index in [2.05, 4.69) is 10.1 Å². The molecular formula is C20H21N5O5S. The number of benzene rings is 1. The lowest BCUT2D eigenvalue weighted by Crippen LogP contribution is -2.36. The minimum Gasteiger partial charge on any atom is -0.465 e. The number of aromatic amines is 1. The smallest absolute Gasteiger partial charge is 0.407 e. The highest BCUT2D eigenvalue weighted by Crippen LogP contribution is 2.23. The number of H-pyrrole nitrogens is 1. The highest BCUT2D eigenvalue weighted by molar-refractivity contribution is 7.92. The molecule has 3 aromatic rings. The normalized spacial score (nSPS) is 13.6. The maximum Gasteiger partial charge on any atom is 0.407 e. The zero-order valence-corrected chi connectivity index (χ0v) is 17.5. The van der Waals surface area contributed by atoms with E-state index in [-0.39, 0.29) is 23.8 Å². The molecule has 1 amide bonds. The molecule has 1 aromatic carbocycles. The predicted molar refractivity (Wildman–Crippen MR) is 113 cm³/mol. The molecule has 1 aliphatic heterocycles. The number of nitrogens with one attached hydrogen (secondary N) is 1. The summed E-state index contributed by atoms with van der Waals surface area (Å²) in [5, 5.41) is 12.1. The fraction of sp³-hybridized carbons (Fsp3) is 0.250. The Bertz CT molecular complexity index is 1270. The minimum atomic E-state index is -3.83. The highest BCUT2D eigenvalue weighted by Gasteiger charge is 2.27. The molecule has 3 heterocycles.